The molecule has 2 amide bonds. The van der Waals surface area contributed by atoms with Crippen LogP contribution in [0.3, 0.4) is 0 Å². The second-order valence-electron chi connectivity index (χ2n) is 7.08. The van der Waals surface area contributed by atoms with Crippen LogP contribution in [0.25, 0.3) is 0 Å². The Morgan fingerprint density at radius 2 is 1.66 bits per heavy atom. The van der Waals surface area contributed by atoms with Gasteiger partial charge in [-0.3, -0.25) is 9.59 Å². The fourth-order valence-electron chi connectivity index (χ4n) is 3.27. The number of aromatic carboxylic acids is 1. The topological polar surface area (TPSA) is 95.9 Å². The lowest BCUT2D eigenvalue weighted by Gasteiger charge is -2.32. The van der Waals surface area contributed by atoms with Crippen LogP contribution in [-0.2, 0) is 4.79 Å². The van der Waals surface area contributed by atoms with Crippen molar-refractivity contribution in [3.63, 3.8) is 0 Å². The summed E-state index contributed by atoms with van der Waals surface area (Å²) in [5.41, 5.74) is 1.25. The van der Waals surface area contributed by atoms with Crippen molar-refractivity contribution in [1.82, 2.24) is 10.2 Å². The van der Waals surface area contributed by atoms with Gasteiger partial charge < -0.3 is 20.1 Å². The number of aryl methyl sites for hydroxylation is 1. The van der Waals surface area contributed by atoms with Gasteiger partial charge in [0.2, 0.25) is 0 Å². The van der Waals surface area contributed by atoms with Gasteiger partial charge >= 0.3 is 5.97 Å². The van der Waals surface area contributed by atoms with Crippen LogP contribution in [0.4, 0.5) is 0 Å². The van der Waals surface area contributed by atoms with Crippen molar-refractivity contribution < 1.29 is 24.2 Å². The number of rotatable bonds is 6. The molecule has 0 atom stereocenters. The van der Waals surface area contributed by atoms with Gasteiger partial charge in [0.05, 0.1) is 11.1 Å². The third-order valence-electron chi connectivity index (χ3n) is 4.97. The number of amides is 2. The van der Waals surface area contributed by atoms with E-state index in [-0.39, 0.29) is 29.7 Å². The van der Waals surface area contributed by atoms with E-state index in [0.717, 1.165) is 5.56 Å². The number of ether oxygens (including phenoxy) is 1. The zero-order chi connectivity index (χ0) is 20.8. The Labute approximate surface area is 169 Å². The van der Waals surface area contributed by atoms with E-state index in [9.17, 15) is 19.5 Å². The van der Waals surface area contributed by atoms with Crippen molar-refractivity contribution in [3.8, 4) is 5.75 Å². The van der Waals surface area contributed by atoms with Crippen LogP contribution in [0.1, 0.15) is 39.1 Å². The molecule has 7 heteroatoms. The molecule has 0 bridgehead atoms. The van der Waals surface area contributed by atoms with Crippen LogP contribution in [0.15, 0.2) is 48.5 Å². The van der Waals surface area contributed by atoms with Gasteiger partial charge in [-0.15, -0.1) is 0 Å². The molecule has 0 unspecified atom stereocenters. The fourth-order valence-corrected chi connectivity index (χ4v) is 3.27. The Bertz CT molecular complexity index is 886. The first kappa shape index (κ1) is 20.4. The Kier molecular flexibility index (Phi) is 6.49. The maximum atomic E-state index is 12.5. The molecule has 152 valence electrons. The van der Waals surface area contributed by atoms with Crippen LogP contribution < -0.4 is 10.1 Å². The molecule has 0 spiro atoms. The van der Waals surface area contributed by atoms with Crippen molar-refractivity contribution in [2.45, 2.75) is 25.8 Å². The molecule has 29 heavy (non-hydrogen) atoms. The summed E-state index contributed by atoms with van der Waals surface area (Å²) in [6, 6.07) is 13.5. The average Bonchev–Trinajstić information content (AvgIpc) is 2.73. The Morgan fingerprint density at radius 1 is 1.03 bits per heavy atom. The lowest BCUT2D eigenvalue weighted by atomic mass is 10.0. The molecule has 0 aromatic heterocycles. The van der Waals surface area contributed by atoms with Crippen molar-refractivity contribution in [1.29, 1.82) is 0 Å². The van der Waals surface area contributed by atoms with E-state index in [1.54, 1.807) is 17.0 Å². The van der Waals surface area contributed by atoms with Crippen LogP contribution in [-0.4, -0.2) is 53.5 Å². The third kappa shape index (κ3) is 5.34. The Balaban J connectivity index is 1.47. The van der Waals surface area contributed by atoms with Gasteiger partial charge in [-0.05, 0) is 44.0 Å². The number of carbonyl (C=O) groups is 3. The molecule has 2 aromatic rings. The van der Waals surface area contributed by atoms with E-state index < -0.39 is 11.9 Å². The molecule has 2 N–H and O–H groups in total. The molecule has 3 rings (SSSR count). The fraction of sp³-hybridized carbons (Fsp3) is 0.318. The number of carboxylic acids is 1. The summed E-state index contributed by atoms with van der Waals surface area (Å²) in [6.07, 6.45) is 1.22. The number of hydrogen-bond acceptors (Lipinski definition) is 4. The number of hydrogen-bond donors (Lipinski definition) is 2. The molecule has 1 saturated heterocycles. The molecular formula is C22H24N2O5. The lowest BCUT2D eigenvalue weighted by Crippen LogP contribution is -2.47. The largest absolute Gasteiger partial charge is 0.484 e. The molecule has 2 aromatic carbocycles. The number of carbonyl (C=O) groups excluding carboxylic acids is 2. The first-order valence-corrected chi connectivity index (χ1v) is 9.54. The smallest absolute Gasteiger partial charge is 0.336 e. The highest BCUT2D eigenvalue weighted by Gasteiger charge is 2.25. The molecule has 0 aliphatic carbocycles. The summed E-state index contributed by atoms with van der Waals surface area (Å²) in [6.45, 7) is 2.99. The van der Waals surface area contributed by atoms with Gasteiger partial charge in [0.25, 0.3) is 11.8 Å². The zero-order valence-electron chi connectivity index (χ0n) is 16.3. The van der Waals surface area contributed by atoms with Gasteiger partial charge in [-0.1, -0.05) is 29.8 Å². The number of nitrogens with one attached hydrogen (secondary N) is 1. The lowest BCUT2D eigenvalue weighted by molar-refractivity contribution is -0.134. The highest BCUT2D eigenvalue weighted by molar-refractivity contribution is 6.04. The maximum Gasteiger partial charge on any atom is 0.336 e. The zero-order valence-corrected chi connectivity index (χ0v) is 16.3. The van der Waals surface area contributed by atoms with E-state index in [4.69, 9.17) is 4.74 Å². The predicted octanol–water partition coefficient (Wildman–Crippen LogP) is 2.49. The Morgan fingerprint density at radius 3 is 2.28 bits per heavy atom. The Hall–Kier alpha value is -3.35. The standard InChI is InChI=1S/C22H24N2O5/c1-15-6-8-17(9-7-15)29-14-20(25)24-12-10-16(11-13-24)23-21(26)18-4-2-3-5-19(18)22(27)28/h2-9,16H,10-14H2,1H3,(H,23,26)(H,27,28). The summed E-state index contributed by atoms with van der Waals surface area (Å²) < 4.78 is 5.54. The molecule has 1 aliphatic rings. The first-order valence-electron chi connectivity index (χ1n) is 9.54. The average molecular weight is 396 g/mol. The van der Waals surface area contributed by atoms with Gasteiger partial charge in [0.1, 0.15) is 5.75 Å². The molecule has 1 fully saturated rings. The summed E-state index contributed by atoms with van der Waals surface area (Å²) >= 11 is 0. The number of nitrogens with zero attached hydrogens (tertiary/aromatic N) is 1. The van der Waals surface area contributed by atoms with Crippen molar-refractivity contribution in [2.24, 2.45) is 0 Å². The molecule has 1 heterocycles. The van der Waals surface area contributed by atoms with Gasteiger partial charge in [-0.2, -0.15) is 0 Å². The van der Waals surface area contributed by atoms with Crippen LogP contribution in [0, 0.1) is 6.92 Å². The number of likely N-dealkylation sites (tertiary alicyclic amines) is 1. The van der Waals surface area contributed by atoms with Crippen LogP contribution in [0.2, 0.25) is 0 Å². The van der Waals surface area contributed by atoms with Crippen molar-refractivity contribution >= 4 is 17.8 Å². The monoisotopic (exact) mass is 396 g/mol. The molecule has 7 nitrogen and oxygen atoms in total. The minimum Gasteiger partial charge on any atom is -0.484 e. The highest BCUT2D eigenvalue weighted by Crippen LogP contribution is 2.15. The summed E-state index contributed by atoms with van der Waals surface area (Å²) in [5, 5.41) is 12.1. The molecule has 0 saturated carbocycles. The van der Waals surface area contributed by atoms with Crippen molar-refractivity contribution in [3.05, 3.63) is 65.2 Å². The van der Waals surface area contributed by atoms with Crippen LogP contribution in [0.5, 0.6) is 5.75 Å². The van der Waals surface area contributed by atoms with E-state index in [1.165, 1.54) is 12.1 Å². The number of benzene rings is 2. The minimum absolute atomic E-state index is 0.0218. The van der Waals surface area contributed by atoms with Gasteiger partial charge in [-0.25, -0.2) is 4.79 Å². The summed E-state index contributed by atoms with van der Waals surface area (Å²) in [5.74, 6) is -0.977. The first-order chi connectivity index (χ1) is 13.9. The quantitative estimate of drug-likeness (QED) is 0.782. The van der Waals surface area contributed by atoms with E-state index in [0.29, 0.717) is 31.7 Å². The molecule has 1 aliphatic heterocycles. The second kappa shape index (κ2) is 9.23. The number of piperidine rings is 1. The normalized spacial score (nSPS) is 14.3. The minimum atomic E-state index is -1.13. The molecule has 0 radical (unpaired) electrons. The highest BCUT2D eigenvalue weighted by atomic mass is 16.5. The summed E-state index contributed by atoms with van der Waals surface area (Å²) in [4.78, 5) is 37.8. The molecular weight excluding hydrogens is 372 g/mol. The van der Waals surface area contributed by atoms with Gasteiger partial charge in [0.15, 0.2) is 6.61 Å². The van der Waals surface area contributed by atoms with E-state index >= 15 is 0 Å². The van der Waals surface area contributed by atoms with E-state index in [1.807, 2.05) is 31.2 Å². The van der Waals surface area contributed by atoms with Gasteiger partial charge in [0, 0.05) is 19.1 Å². The van der Waals surface area contributed by atoms with Crippen LogP contribution >= 0.6 is 0 Å². The summed E-state index contributed by atoms with van der Waals surface area (Å²) in [7, 11) is 0. The third-order valence-corrected chi connectivity index (χ3v) is 4.97. The predicted molar refractivity (Wildman–Crippen MR) is 107 cm³/mol. The second-order valence-corrected chi connectivity index (χ2v) is 7.08. The SMILES string of the molecule is Cc1ccc(OCC(=O)N2CCC(NC(=O)c3ccccc3C(=O)O)CC2)cc1. The maximum absolute atomic E-state index is 12.5. The van der Waals surface area contributed by atoms with Crippen molar-refractivity contribution in [2.75, 3.05) is 19.7 Å². The number of carboxylic acid groups (broad SMARTS) is 1. The van der Waals surface area contributed by atoms with E-state index in [2.05, 4.69) is 5.32 Å².